The third-order valence-corrected chi connectivity index (χ3v) is 5.01. The highest BCUT2D eigenvalue weighted by Crippen LogP contribution is 2.33. The van der Waals surface area contributed by atoms with Crippen molar-refractivity contribution in [3.05, 3.63) is 83.1 Å². The lowest BCUT2D eigenvalue weighted by Crippen LogP contribution is -2.30. The van der Waals surface area contributed by atoms with E-state index >= 15 is 0 Å². The van der Waals surface area contributed by atoms with Crippen LogP contribution in [0.1, 0.15) is 31.0 Å². The average Bonchev–Trinajstić information content (AvgIpc) is 2.67. The number of hydrogen-bond acceptors (Lipinski definition) is 5. The van der Waals surface area contributed by atoms with Crippen molar-refractivity contribution in [1.29, 1.82) is 0 Å². The Hall–Kier alpha value is -2.53. The molecular formula is C21H22N2O2S. The number of allylic oxidation sites excluding steroid dienone is 1. The van der Waals surface area contributed by atoms with Crippen LogP contribution in [0.3, 0.4) is 0 Å². The molecule has 1 N–H and O–H groups in total. The molecule has 134 valence electrons. The lowest BCUT2D eigenvalue weighted by Gasteiger charge is -2.25. The van der Waals surface area contributed by atoms with E-state index in [2.05, 4.69) is 17.4 Å². The first kappa shape index (κ1) is 18.3. The van der Waals surface area contributed by atoms with Gasteiger partial charge in [-0.3, -0.25) is 0 Å². The minimum absolute atomic E-state index is 0.317. The molecule has 2 aromatic rings. The van der Waals surface area contributed by atoms with E-state index in [-0.39, 0.29) is 12.0 Å². The largest absolute Gasteiger partial charge is 0.463 e. The SMILES string of the molecule is CCOC(=O)C1=C(C)NC(SCc2ccccc2)=NC1c1ccccc1. The maximum atomic E-state index is 12.5. The van der Waals surface area contributed by atoms with Crippen LogP contribution >= 0.6 is 11.8 Å². The first-order valence-corrected chi connectivity index (χ1v) is 9.62. The van der Waals surface area contributed by atoms with Gasteiger partial charge in [0.05, 0.1) is 12.2 Å². The highest BCUT2D eigenvalue weighted by molar-refractivity contribution is 8.13. The van der Waals surface area contributed by atoms with Crippen molar-refractivity contribution in [3.8, 4) is 0 Å². The van der Waals surface area contributed by atoms with E-state index in [0.29, 0.717) is 12.2 Å². The van der Waals surface area contributed by atoms with Gasteiger partial charge in [0.2, 0.25) is 0 Å². The Morgan fingerprint density at radius 1 is 1.12 bits per heavy atom. The van der Waals surface area contributed by atoms with Crippen molar-refractivity contribution >= 4 is 22.9 Å². The van der Waals surface area contributed by atoms with Gasteiger partial charge in [-0.25, -0.2) is 9.79 Å². The van der Waals surface area contributed by atoms with Crippen LogP contribution in [0.25, 0.3) is 0 Å². The van der Waals surface area contributed by atoms with E-state index < -0.39 is 0 Å². The number of amidine groups is 1. The highest BCUT2D eigenvalue weighted by atomic mass is 32.2. The Morgan fingerprint density at radius 2 is 1.77 bits per heavy atom. The molecule has 1 heterocycles. The summed E-state index contributed by atoms with van der Waals surface area (Å²) in [4.78, 5) is 17.3. The van der Waals surface area contributed by atoms with Crippen LogP contribution in [0.4, 0.5) is 0 Å². The summed E-state index contributed by atoms with van der Waals surface area (Å²) < 4.78 is 5.26. The number of nitrogens with one attached hydrogen (secondary N) is 1. The van der Waals surface area contributed by atoms with Crippen molar-refractivity contribution in [2.75, 3.05) is 6.61 Å². The zero-order chi connectivity index (χ0) is 18.4. The lowest BCUT2D eigenvalue weighted by atomic mass is 9.97. The summed E-state index contributed by atoms with van der Waals surface area (Å²) in [6, 6.07) is 19.8. The Kier molecular flexibility index (Phi) is 6.12. The normalized spacial score (nSPS) is 16.7. The van der Waals surface area contributed by atoms with E-state index in [1.54, 1.807) is 11.8 Å². The van der Waals surface area contributed by atoms with Crippen LogP contribution in [0, 0.1) is 0 Å². The van der Waals surface area contributed by atoms with Gasteiger partial charge in [0, 0.05) is 11.4 Å². The first-order chi connectivity index (χ1) is 12.7. The van der Waals surface area contributed by atoms with E-state index in [0.717, 1.165) is 22.2 Å². The molecule has 1 aliphatic heterocycles. The predicted molar refractivity (Wildman–Crippen MR) is 107 cm³/mol. The highest BCUT2D eigenvalue weighted by Gasteiger charge is 2.30. The second-order valence-electron chi connectivity index (χ2n) is 5.91. The van der Waals surface area contributed by atoms with E-state index in [1.165, 1.54) is 5.56 Å². The molecule has 0 saturated carbocycles. The number of rotatable bonds is 5. The molecule has 0 radical (unpaired) electrons. The van der Waals surface area contributed by atoms with Gasteiger partial charge in [0.25, 0.3) is 0 Å². The van der Waals surface area contributed by atoms with Gasteiger partial charge in [-0.2, -0.15) is 0 Å². The maximum Gasteiger partial charge on any atom is 0.338 e. The molecule has 2 aromatic carbocycles. The summed E-state index contributed by atoms with van der Waals surface area (Å²) in [5.41, 5.74) is 3.58. The monoisotopic (exact) mass is 366 g/mol. The molecule has 0 amide bonds. The molecule has 1 atom stereocenters. The standard InChI is InChI=1S/C21H22N2O2S/c1-3-25-20(24)18-15(2)22-21(26-14-16-10-6-4-7-11-16)23-19(18)17-12-8-5-9-13-17/h4-13,19H,3,14H2,1-2H3,(H,22,23). The van der Waals surface area contributed by atoms with Crippen LogP contribution in [-0.4, -0.2) is 17.7 Å². The molecule has 4 nitrogen and oxygen atoms in total. The number of carbonyl (C=O) groups excluding carboxylic acids is 1. The number of hydrogen-bond donors (Lipinski definition) is 1. The summed E-state index contributed by atoms with van der Waals surface area (Å²) in [7, 11) is 0. The molecule has 0 spiro atoms. The van der Waals surface area contributed by atoms with Gasteiger partial charge in [0.15, 0.2) is 5.17 Å². The van der Waals surface area contributed by atoms with Gasteiger partial charge < -0.3 is 10.1 Å². The van der Waals surface area contributed by atoms with E-state index in [9.17, 15) is 4.79 Å². The molecule has 0 bridgehead atoms. The molecule has 3 rings (SSSR count). The fourth-order valence-corrected chi connectivity index (χ4v) is 3.70. The number of nitrogens with zero attached hydrogens (tertiary/aromatic N) is 1. The van der Waals surface area contributed by atoms with E-state index in [1.807, 2.05) is 62.4 Å². The van der Waals surface area contributed by atoms with Crippen LogP contribution in [0.15, 0.2) is 76.9 Å². The second kappa shape index (κ2) is 8.72. The average molecular weight is 366 g/mol. The molecule has 1 unspecified atom stereocenters. The van der Waals surface area contributed by atoms with Gasteiger partial charge in [-0.05, 0) is 25.0 Å². The number of esters is 1. The van der Waals surface area contributed by atoms with Gasteiger partial charge in [-0.15, -0.1) is 0 Å². The van der Waals surface area contributed by atoms with Crippen molar-refractivity contribution in [2.24, 2.45) is 4.99 Å². The quantitative estimate of drug-likeness (QED) is 0.794. The Bertz CT molecular complexity index is 816. The lowest BCUT2D eigenvalue weighted by molar-refractivity contribution is -0.138. The molecule has 0 aromatic heterocycles. The number of ether oxygens (including phenoxy) is 1. The molecule has 1 aliphatic rings. The Balaban J connectivity index is 1.86. The maximum absolute atomic E-state index is 12.5. The van der Waals surface area contributed by atoms with Crippen LogP contribution in [0.5, 0.6) is 0 Å². The summed E-state index contributed by atoms with van der Waals surface area (Å²) in [5, 5.41) is 4.08. The van der Waals surface area contributed by atoms with Crippen LogP contribution < -0.4 is 5.32 Å². The van der Waals surface area contributed by atoms with Gasteiger partial charge in [-0.1, -0.05) is 72.4 Å². The minimum Gasteiger partial charge on any atom is -0.463 e. The summed E-state index contributed by atoms with van der Waals surface area (Å²) in [6.45, 7) is 4.06. The van der Waals surface area contributed by atoms with Crippen molar-refractivity contribution in [2.45, 2.75) is 25.6 Å². The van der Waals surface area contributed by atoms with Crippen LogP contribution in [-0.2, 0) is 15.3 Å². The molecule has 0 saturated heterocycles. The number of thioether (sulfide) groups is 1. The van der Waals surface area contributed by atoms with Crippen molar-refractivity contribution in [1.82, 2.24) is 5.32 Å². The fourth-order valence-electron chi connectivity index (χ4n) is 2.80. The summed E-state index contributed by atoms with van der Waals surface area (Å²) in [5.74, 6) is 0.498. The number of benzene rings is 2. The third-order valence-electron chi connectivity index (χ3n) is 4.05. The molecule has 0 fully saturated rings. The van der Waals surface area contributed by atoms with Crippen molar-refractivity contribution in [3.63, 3.8) is 0 Å². The van der Waals surface area contributed by atoms with Gasteiger partial charge >= 0.3 is 5.97 Å². The predicted octanol–water partition coefficient (Wildman–Crippen LogP) is 4.46. The molecule has 0 aliphatic carbocycles. The van der Waals surface area contributed by atoms with Crippen molar-refractivity contribution < 1.29 is 9.53 Å². The number of aliphatic imine (C=N–C) groups is 1. The Morgan fingerprint density at radius 3 is 2.42 bits per heavy atom. The van der Waals surface area contributed by atoms with Crippen LogP contribution in [0.2, 0.25) is 0 Å². The van der Waals surface area contributed by atoms with Gasteiger partial charge in [0.1, 0.15) is 6.04 Å². The third kappa shape index (κ3) is 4.35. The zero-order valence-electron chi connectivity index (χ0n) is 14.9. The first-order valence-electron chi connectivity index (χ1n) is 8.63. The zero-order valence-corrected chi connectivity index (χ0v) is 15.8. The number of carbonyl (C=O) groups is 1. The second-order valence-corrected chi connectivity index (χ2v) is 6.87. The molecule has 26 heavy (non-hydrogen) atoms. The summed E-state index contributed by atoms with van der Waals surface area (Å²) in [6.07, 6.45) is 0. The molecular weight excluding hydrogens is 344 g/mol. The Labute approximate surface area is 158 Å². The molecule has 5 heteroatoms. The minimum atomic E-state index is -0.352. The topological polar surface area (TPSA) is 50.7 Å². The van der Waals surface area contributed by atoms with E-state index in [4.69, 9.17) is 9.73 Å². The smallest absolute Gasteiger partial charge is 0.338 e. The fraction of sp³-hybridized carbons (Fsp3) is 0.238. The summed E-state index contributed by atoms with van der Waals surface area (Å²) >= 11 is 1.63.